The molecule has 2 aliphatic rings. The van der Waals surface area contributed by atoms with Crippen LogP contribution in [-0.4, -0.2) is 64.9 Å². The Labute approximate surface area is 161 Å². The maximum atomic E-state index is 4.32. The minimum absolute atomic E-state index is 0. The van der Waals surface area contributed by atoms with Crippen LogP contribution < -0.4 is 10.6 Å². The molecule has 0 aromatic carbocycles. The predicted molar refractivity (Wildman–Crippen MR) is 107 cm³/mol. The van der Waals surface area contributed by atoms with Crippen LogP contribution in [0, 0.1) is 5.92 Å². The Kier molecular flexibility index (Phi) is 7.73. The van der Waals surface area contributed by atoms with Crippen LogP contribution in [0.1, 0.15) is 32.0 Å². The molecule has 1 atom stereocenters. The van der Waals surface area contributed by atoms with Gasteiger partial charge in [0.25, 0.3) is 0 Å². The molecule has 0 radical (unpaired) electrons. The Hall–Kier alpha value is -0.900. The molecule has 0 amide bonds. The van der Waals surface area contributed by atoms with Gasteiger partial charge in [0.15, 0.2) is 5.96 Å². The average molecular weight is 447 g/mol. The van der Waals surface area contributed by atoms with Crippen LogP contribution in [0.3, 0.4) is 0 Å². The average Bonchev–Trinajstić information content (AvgIpc) is 3.14. The van der Waals surface area contributed by atoms with E-state index in [1.165, 1.54) is 32.4 Å². The minimum Gasteiger partial charge on any atom is -0.356 e. The minimum atomic E-state index is 0. The van der Waals surface area contributed by atoms with Crippen molar-refractivity contribution in [3.05, 3.63) is 12.2 Å². The van der Waals surface area contributed by atoms with Gasteiger partial charge in [-0.1, -0.05) is 6.92 Å². The summed E-state index contributed by atoms with van der Waals surface area (Å²) in [6.45, 7) is 7.31. The molecule has 2 fully saturated rings. The van der Waals surface area contributed by atoms with Crippen molar-refractivity contribution in [2.24, 2.45) is 10.9 Å². The maximum absolute atomic E-state index is 4.32. The molecule has 3 rings (SSSR count). The van der Waals surface area contributed by atoms with Crippen LogP contribution in [0.25, 0.3) is 0 Å². The standard InChI is InChI=1S/C16H29N7.HI/c1-3-15-21-20-12-23(15)9-7-18-16(17-2)19-10-13-6-8-22(11-13)14-4-5-14;/h12-14H,3-11H2,1-2H3,(H2,17,18,19);1H. The molecule has 1 unspecified atom stereocenters. The highest BCUT2D eigenvalue weighted by Crippen LogP contribution is 2.31. The summed E-state index contributed by atoms with van der Waals surface area (Å²) >= 11 is 0. The second-order valence-corrected chi connectivity index (χ2v) is 6.55. The summed E-state index contributed by atoms with van der Waals surface area (Å²) in [4.78, 5) is 6.97. The van der Waals surface area contributed by atoms with E-state index in [1.54, 1.807) is 6.33 Å². The lowest BCUT2D eigenvalue weighted by molar-refractivity contribution is 0.314. The van der Waals surface area contributed by atoms with E-state index in [2.05, 4.69) is 42.2 Å². The van der Waals surface area contributed by atoms with Gasteiger partial charge in [0, 0.05) is 45.7 Å². The van der Waals surface area contributed by atoms with Gasteiger partial charge in [0.2, 0.25) is 0 Å². The number of guanidine groups is 1. The van der Waals surface area contributed by atoms with E-state index in [0.717, 1.165) is 49.8 Å². The van der Waals surface area contributed by atoms with Gasteiger partial charge in [0.1, 0.15) is 12.2 Å². The fraction of sp³-hybridized carbons (Fsp3) is 0.812. The zero-order valence-electron chi connectivity index (χ0n) is 14.7. The van der Waals surface area contributed by atoms with Gasteiger partial charge >= 0.3 is 0 Å². The van der Waals surface area contributed by atoms with E-state index in [0.29, 0.717) is 0 Å². The molecular weight excluding hydrogens is 417 g/mol. The Bertz CT molecular complexity index is 526. The lowest BCUT2D eigenvalue weighted by Crippen LogP contribution is -2.41. The number of aryl methyl sites for hydroxylation is 1. The molecule has 136 valence electrons. The van der Waals surface area contributed by atoms with Crippen LogP contribution in [-0.2, 0) is 13.0 Å². The van der Waals surface area contributed by atoms with Crippen molar-refractivity contribution >= 4 is 29.9 Å². The number of likely N-dealkylation sites (tertiary alicyclic amines) is 1. The molecule has 7 nitrogen and oxygen atoms in total. The third kappa shape index (κ3) is 5.30. The van der Waals surface area contributed by atoms with Crippen molar-refractivity contribution in [2.75, 3.05) is 33.2 Å². The van der Waals surface area contributed by atoms with Crippen LogP contribution in [0.5, 0.6) is 0 Å². The third-order valence-electron chi connectivity index (χ3n) is 4.82. The zero-order chi connectivity index (χ0) is 16.1. The molecular formula is C16H30IN7. The van der Waals surface area contributed by atoms with E-state index < -0.39 is 0 Å². The van der Waals surface area contributed by atoms with Gasteiger partial charge in [-0.25, -0.2) is 0 Å². The fourth-order valence-corrected chi connectivity index (χ4v) is 3.30. The predicted octanol–water partition coefficient (Wildman–Crippen LogP) is 1.11. The fourth-order valence-electron chi connectivity index (χ4n) is 3.30. The maximum Gasteiger partial charge on any atom is 0.191 e. The first kappa shape index (κ1) is 19.4. The molecule has 0 spiro atoms. The number of aromatic nitrogens is 3. The van der Waals surface area contributed by atoms with Crippen LogP contribution in [0.2, 0.25) is 0 Å². The summed E-state index contributed by atoms with van der Waals surface area (Å²) in [6.07, 6.45) is 6.83. The highest BCUT2D eigenvalue weighted by atomic mass is 127. The third-order valence-corrected chi connectivity index (χ3v) is 4.82. The number of hydrogen-bond acceptors (Lipinski definition) is 4. The number of aliphatic imine (C=N–C) groups is 1. The lowest BCUT2D eigenvalue weighted by atomic mass is 10.1. The molecule has 1 aromatic heterocycles. The van der Waals surface area contributed by atoms with Gasteiger partial charge in [-0.3, -0.25) is 4.99 Å². The molecule has 1 aliphatic carbocycles. The van der Waals surface area contributed by atoms with Crippen molar-refractivity contribution in [2.45, 2.75) is 45.2 Å². The summed E-state index contributed by atoms with van der Waals surface area (Å²) in [5, 5.41) is 14.9. The Morgan fingerprint density at radius 3 is 2.88 bits per heavy atom. The van der Waals surface area contributed by atoms with E-state index in [1.807, 2.05) is 7.05 Å². The number of hydrogen-bond donors (Lipinski definition) is 2. The molecule has 1 saturated carbocycles. The summed E-state index contributed by atoms with van der Waals surface area (Å²) < 4.78 is 2.09. The number of nitrogens with zero attached hydrogens (tertiary/aromatic N) is 5. The van der Waals surface area contributed by atoms with Gasteiger partial charge in [-0.2, -0.15) is 0 Å². The van der Waals surface area contributed by atoms with Crippen LogP contribution >= 0.6 is 24.0 Å². The number of halogens is 1. The Morgan fingerprint density at radius 1 is 1.33 bits per heavy atom. The lowest BCUT2D eigenvalue weighted by Gasteiger charge is -2.17. The highest BCUT2D eigenvalue weighted by molar-refractivity contribution is 14.0. The van der Waals surface area contributed by atoms with Crippen LogP contribution in [0.15, 0.2) is 11.3 Å². The van der Waals surface area contributed by atoms with Gasteiger partial charge in [-0.05, 0) is 31.7 Å². The molecule has 2 N–H and O–H groups in total. The number of nitrogens with one attached hydrogen (secondary N) is 2. The first-order valence-corrected chi connectivity index (χ1v) is 8.85. The first-order valence-electron chi connectivity index (χ1n) is 8.85. The van der Waals surface area contributed by atoms with E-state index in [9.17, 15) is 0 Å². The smallest absolute Gasteiger partial charge is 0.191 e. The van der Waals surface area contributed by atoms with Crippen molar-refractivity contribution < 1.29 is 0 Å². The van der Waals surface area contributed by atoms with E-state index in [-0.39, 0.29) is 24.0 Å². The van der Waals surface area contributed by atoms with E-state index >= 15 is 0 Å². The quantitative estimate of drug-likeness (QED) is 0.373. The molecule has 0 bridgehead atoms. The summed E-state index contributed by atoms with van der Waals surface area (Å²) in [7, 11) is 1.83. The number of rotatable bonds is 7. The second-order valence-electron chi connectivity index (χ2n) is 6.55. The molecule has 1 aliphatic heterocycles. The van der Waals surface area contributed by atoms with Gasteiger partial charge in [-0.15, -0.1) is 34.2 Å². The SMILES string of the molecule is CCc1nncn1CCNC(=NC)NCC1CCN(C2CC2)C1.I. The Morgan fingerprint density at radius 2 is 2.17 bits per heavy atom. The first-order chi connectivity index (χ1) is 11.3. The second kappa shape index (κ2) is 9.55. The van der Waals surface area contributed by atoms with Crippen molar-refractivity contribution in [3.8, 4) is 0 Å². The van der Waals surface area contributed by atoms with E-state index in [4.69, 9.17) is 0 Å². The summed E-state index contributed by atoms with van der Waals surface area (Å²) in [5.74, 6) is 2.67. The molecule has 2 heterocycles. The monoisotopic (exact) mass is 447 g/mol. The van der Waals surface area contributed by atoms with Crippen molar-refractivity contribution in [1.29, 1.82) is 0 Å². The van der Waals surface area contributed by atoms with Gasteiger partial charge < -0.3 is 20.1 Å². The van der Waals surface area contributed by atoms with Crippen molar-refractivity contribution in [1.82, 2.24) is 30.3 Å². The van der Waals surface area contributed by atoms with Crippen LogP contribution in [0.4, 0.5) is 0 Å². The summed E-state index contributed by atoms with van der Waals surface area (Å²) in [5.41, 5.74) is 0. The molecule has 8 heteroatoms. The normalized spacial score (nSPS) is 21.6. The zero-order valence-corrected chi connectivity index (χ0v) is 17.1. The summed E-state index contributed by atoms with van der Waals surface area (Å²) in [6, 6.07) is 0.897. The topological polar surface area (TPSA) is 70.4 Å². The highest BCUT2D eigenvalue weighted by Gasteiger charge is 2.34. The van der Waals surface area contributed by atoms with Crippen molar-refractivity contribution in [3.63, 3.8) is 0 Å². The molecule has 1 saturated heterocycles. The Balaban J connectivity index is 0.00000208. The largest absolute Gasteiger partial charge is 0.356 e. The molecule has 1 aromatic rings. The molecule has 24 heavy (non-hydrogen) atoms. The van der Waals surface area contributed by atoms with Gasteiger partial charge in [0.05, 0.1) is 0 Å².